The number of carbonyl (C=O) groups excluding carboxylic acids is 1. The molecule has 2 N–H and O–H groups in total. The number of amides is 1. The van der Waals surface area contributed by atoms with Crippen LogP contribution in [0.3, 0.4) is 0 Å². The quantitative estimate of drug-likeness (QED) is 0.896. The molecule has 3 heterocycles. The average molecular weight is 302 g/mol. The van der Waals surface area contributed by atoms with Crippen LogP contribution >= 0.6 is 11.6 Å². The van der Waals surface area contributed by atoms with Crippen molar-refractivity contribution in [3.63, 3.8) is 0 Å². The van der Waals surface area contributed by atoms with Crippen LogP contribution in [0.4, 0.5) is 5.69 Å². The summed E-state index contributed by atoms with van der Waals surface area (Å²) >= 11 is 6.18. The van der Waals surface area contributed by atoms with Crippen LogP contribution in [0.15, 0.2) is 30.5 Å². The standard InChI is InChI=1S/C16H16ClN3O/c17-12-4-6-14(15-10(12)2-1-7-18-15)20-16(21)11-8-9-3-5-13(11)19-9/h1-2,4,6-7,9,11,13,19H,3,5,8H2,(H,20,21). The Hall–Kier alpha value is -1.65. The molecule has 108 valence electrons. The third kappa shape index (κ3) is 2.19. The number of halogens is 1. The summed E-state index contributed by atoms with van der Waals surface area (Å²) in [7, 11) is 0. The van der Waals surface area contributed by atoms with Crippen molar-refractivity contribution in [1.82, 2.24) is 10.3 Å². The summed E-state index contributed by atoms with van der Waals surface area (Å²) < 4.78 is 0. The van der Waals surface area contributed by atoms with Crippen LogP contribution < -0.4 is 10.6 Å². The first kappa shape index (κ1) is 13.0. The smallest absolute Gasteiger partial charge is 0.229 e. The second-order valence-corrected chi connectivity index (χ2v) is 6.28. The van der Waals surface area contributed by atoms with Crippen molar-refractivity contribution >= 4 is 34.1 Å². The number of anilines is 1. The van der Waals surface area contributed by atoms with Crippen molar-refractivity contribution in [3.05, 3.63) is 35.5 Å². The summed E-state index contributed by atoms with van der Waals surface area (Å²) in [5, 5.41) is 8.05. The van der Waals surface area contributed by atoms with E-state index in [1.165, 1.54) is 6.42 Å². The van der Waals surface area contributed by atoms with Gasteiger partial charge in [0.25, 0.3) is 0 Å². The molecule has 1 aromatic heterocycles. The number of nitrogens with zero attached hydrogens (tertiary/aromatic N) is 1. The van der Waals surface area contributed by atoms with E-state index in [1.54, 1.807) is 12.3 Å². The van der Waals surface area contributed by atoms with Gasteiger partial charge < -0.3 is 10.6 Å². The summed E-state index contributed by atoms with van der Waals surface area (Å²) in [5.41, 5.74) is 1.48. The third-order valence-corrected chi connectivity index (χ3v) is 4.94. The molecule has 0 radical (unpaired) electrons. The number of aromatic nitrogens is 1. The first-order valence-electron chi connectivity index (χ1n) is 7.32. The number of rotatable bonds is 2. The molecule has 1 amide bonds. The highest BCUT2D eigenvalue weighted by molar-refractivity contribution is 6.35. The van der Waals surface area contributed by atoms with Crippen LogP contribution in [0.25, 0.3) is 10.9 Å². The monoisotopic (exact) mass is 301 g/mol. The molecule has 0 aliphatic carbocycles. The van der Waals surface area contributed by atoms with Crippen molar-refractivity contribution in [1.29, 1.82) is 0 Å². The fourth-order valence-electron chi connectivity index (χ4n) is 3.58. The van der Waals surface area contributed by atoms with Gasteiger partial charge in [-0.25, -0.2) is 0 Å². The highest BCUT2D eigenvalue weighted by Crippen LogP contribution is 2.35. The minimum atomic E-state index is 0.0678. The van der Waals surface area contributed by atoms with E-state index in [1.807, 2.05) is 18.2 Å². The maximum Gasteiger partial charge on any atom is 0.229 e. The van der Waals surface area contributed by atoms with Crippen LogP contribution in [0.1, 0.15) is 19.3 Å². The molecule has 2 saturated heterocycles. The van der Waals surface area contributed by atoms with E-state index in [2.05, 4.69) is 15.6 Å². The van der Waals surface area contributed by atoms with Crippen LogP contribution in [0, 0.1) is 5.92 Å². The molecule has 2 aliphatic rings. The zero-order valence-electron chi connectivity index (χ0n) is 11.5. The number of nitrogens with one attached hydrogen (secondary N) is 2. The molecule has 2 fully saturated rings. The zero-order chi connectivity index (χ0) is 14.4. The van der Waals surface area contributed by atoms with E-state index >= 15 is 0 Å². The van der Waals surface area contributed by atoms with Gasteiger partial charge in [0.1, 0.15) is 0 Å². The summed E-state index contributed by atoms with van der Waals surface area (Å²) in [6, 6.07) is 8.25. The molecule has 1 aromatic carbocycles. The van der Waals surface area contributed by atoms with Crippen LogP contribution in [0.5, 0.6) is 0 Å². The lowest BCUT2D eigenvalue weighted by atomic mass is 9.88. The lowest BCUT2D eigenvalue weighted by Crippen LogP contribution is -2.32. The molecular formula is C16H16ClN3O. The predicted octanol–water partition coefficient (Wildman–Crippen LogP) is 2.97. The summed E-state index contributed by atoms with van der Waals surface area (Å²) in [4.78, 5) is 16.9. The van der Waals surface area contributed by atoms with Crippen molar-refractivity contribution in [2.24, 2.45) is 5.92 Å². The summed E-state index contributed by atoms with van der Waals surface area (Å²) in [6.45, 7) is 0. The number of hydrogen-bond acceptors (Lipinski definition) is 3. The number of benzene rings is 1. The van der Waals surface area contributed by atoms with E-state index in [0.717, 1.165) is 29.4 Å². The average Bonchev–Trinajstić information content (AvgIpc) is 3.13. The Morgan fingerprint density at radius 3 is 3.00 bits per heavy atom. The van der Waals surface area contributed by atoms with E-state index in [0.29, 0.717) is 17.1 Å². The molecule has 2 aliphatic heterocycles. The second kappa shape index (κ2) is 4.97. The maximum atomic E-state index is 12.5. The van der Waals surface area contributed by atoms with Crippen molar-refractivity contribution in [2.75, 3.05) is 5.32 Å². The largest absolute Gasteiger partial charge is 0.324 e. The molecule has 0 spiro atoms. The molecule has 3 unspecified atom stereocenters. The Bertz CT molecular complexity index is 718. The Balaban J connectivity index is 1.63. The van der Waals surface area contributed by atoms with Gasteiger partial charge in [0.05, 0.1) is 22.1 Å². The van der Waals surface area contributed by atoms with Gasteiger partial charge in [0.2, 0.25) is 5.91 Å². The van der Waals surface area contributed by atoms with E-state index in [-0.39, 0.29) is 11.8 Å². The molecule has 0 saturated carbocycles. The topological polar surface area (TPSA) is 54.0 Å². The summed E-state index contributed by atoms with van der Waals surface area (Å²) in [5.74, 6) is 0.155. The van der Waals surface area contributed by atoms with Gasteiger partial charge in [-0.15, -0.1) is 0 Å². The molecule has 3 atom stereocenters. The minimum absolute atomic E-state index is 0.0678. The molecule has 21 heavy (non-hydrogen) atoms. The van der Waals surface area contributed by atoms with Crippen LogP contribution in [0.2, 0.25) is 5.02 Å². The van der Waals surface area contributed by atoms with Gasteiger partial charge in [-0.2, -0.15) is 0 Å². The maximum absolute atomic E-state index is 12.5. The Kier molecular flexibility index (Phi) is 3.08. The predicted molar refractivity (Wildman–Crippen MR) is 83.4 cm³/mol. The molecule has 2 bridgehead atoms. The third-order valence-electron chi connectivity index (χ3n) is 4.61. The van der Waals surface area contributed by atoms with Gasteiger partial charge >= 0.3 is 0 Å². The number of fused-ring (bicyclic) bond motifs is 3. The fraction of sp³-hybridized carbons (Fsp3) is 0.375. The molecule has 5 heteroatoms. The van der Waals surface area contributed by atoms with Gasteiger partial charge in [0, 0.05) is 23.7 Å². The Morgan fingerprint density at radius 2 is 2.24 bits per heavy atom. The van der Waals surface area contributed by atoms with Gasteiger partial charge in [-0.05, 0) is 43.5 Å². The van der Waals surface area contributed by atoms with E-state index in [4.69, 9.17) is 11.6 Å². The molecule has 2 aromatic rings. The lowest BCUT2D eigenvalue weighted by Gasteiger charge is -2.19. The fourth-order valence-corrected chi connectivity index (χ4v) is 3.79. The van der Waals surface area contributed by atoms with Gasteiger partial charge in [0.15, 0.2) is 0 Å². The highest BCUT2D eigenvalue weighted by Gasteiger charge is 2.42. The van der Waals surface area contributed by atoms with E-state index in [9.17, 15) is 4.79 Å². The Labute approximate surface area is 127 Å². The number of carbonyl (C=O) groups is 1. The first-order valence-corrected chi connectivity index (χ1v) is 7.70. The SMILES string of the molecule is O=C(Nc1ccc(Cl)c2cccnc12)C1CC2CCC1N2. The second-order valence-electron chi connectivity index (χ2n) is 5.87. The Morgan fingerprint density at radius 1 is 1.33 bits per heavy atom. The molecule has 4 rings (SSSR count). The van der Waals surface area contributed by atoms with Crippen LogP contribution in [-0.2, 0) is 4.79 Å². The normalized spacial score (nSPS) is 27.2. The highest BCUT2D eigenvalue weighted by atomic mass is 35.5. The van der Waals surface area contributed by atoms with Crippen molar-refractivity contribution in [3.8, 4) is 0 Å². The minimum Gasteiger partial charge on any atom is -0.324 e. The van der Waals surface area contributed by atoms with Gasteiger partial charge in [-0.1, -0.05) is 11.6 Å². The van der Waals surface area contributed by atoms with E-state index < -0.39 is 0 Å². The molecule has 4 nitrogen and oxygen atoms in total. The number of hydrogen-bond donors (Lipinski definition) is 2. The van der Waals surface area contributed by atoms with Crippen molar-refractivity contribution < 1.29 is 4.79 Å². The first-order chi connectivity index (χ1) is 10.2. The van der Waals surface area contributed by atoms with Crippen molar-refractivity contribution in [2.45, 2.75) is 31.3 Å². The van der Waals surface area contributed by atoms with Gasteiger partial charge in [-0.3, -0.25) is 9.78 Å². The molecular weight excluding hydrogens is 286 g/mol. The summed E-state index contributed by atoms with van der Waals surface area (Å²) in [6.07, 6.45) is 4.95. The number of pyridine rings is 1. The lowest BCUT2D eigenvalue weighted by molar-refractivity contribution is -0.120. The van der Waals surface area contributed by atoms with Crippen LogP contribution in [-0.4, -0.2) is 23.0 Å². The zero-order valence-corrected chi connectivity index (χ0v) is 12.2.